The summed E-state index contributed by atoms with van der Waals surface area (Å²) in [5, 5.41) is 7.14. The van der Waals surface area contributed by atoms with Crippen molar-refractivity contribution in [2.24, 2.45) is 21.7 Å². The number of carbonyl (C=O) groups excluding carboxylic acids is 1. The Balaban J connectivity index is 2.18. The van der Waals surface area contributed by atoms with E-state index in [4.69, 9.17) is 15.9 Å². The first-order valence-corrected chi connectivity index (χ1v) is 5.89. The highest BCUT2D eigenvalue weighted by Crippen LogP contribution is 2.22. The highest BCUT2D eigenvalue weighted by atomic mass is 16.3. The maximum absolute atomic E-state index is 11.2. The van der Waals surface area contributed by atoms with E-state index in [2.05, 4.69) is 10.2 Å². The molecule has 0 aliphatic rings. The largest absolute Gasteiger partial charge is 0.455 e. The van der Waals surface area contributed by atoms with E-state index in [1.807, 2.05) is 12.1 Å². The molecule has 1 aromatic carbocycles. The summed E-state index contributed by atoms with van der Waals surface area (Å²) >= 11 is 0. The Kier molecular flexibility index (Phi) is 3.95. The molecule has 0 spiro atoms. The van der Waals surface area contributed by atoms with Gasteiger partial charge in [0.05, 0.1) is 6.21 Å². The molecule has 4 N–H and O–H groups in total. The molecule has 0 aliphatic heterocycles. The first kappa shape index (κ1) is 13.5. The molecule has 0 amide bonds. The normalized spacial score (nSPS) is 10.7. The molecule has 1 heterocycles. The molecule has 0 aliphatic carbocycles. The van der Waals surface area contributed by atoms with Gasteiger partial charge in [0.2, 0.25) is 5.96 Å². The van der Waals surface area contributed by atoms with Crippen LogP contribution in [-0.4, -0.2) is 18.0 Å². The Morgan fingerprint density at radius 2 is 1.85 bits per heavy atom. The number of furan rings is 1. The SMILES string of the molecule is CC(=O)c1ccc(-c2ccc(/C=N\N=C(N)N)o2)cc1. The second kappa shape index (κ2) is 5.83. The van der Waals surface area contributed by atoms with Crippen LogP contribution in [0.25, 0.3) is 11.3 Å². The summed E-state index contributed by atoms with van der Waals surface area (Å²) in [6.45, 7) is 1.53. The van der Waals surface area contributed by atoms with Crippen molar-refractivity contribution < 1.29 is 9.21 Å². The third-order valence-electron chi connectivity index (χ3n) is 2.56. The Morgan fingerprint density at radius 1 is 1.15 bits per heavy atom. The van der Waals surface area contributed by atoms with Crippen LogP contribution in [0.2, 0.25) is 0 Å². The van der Waals surface area contributed by atoms with Crippen LogP contribution in [0.1, 0.15) is 23.0 Å². The molecule has 0 saturated heterocycles. The van der Waals surface area contributed by atoms with E-state index < -0.39 is 0 Å². The number of nitrogens with two attached hydrogens (primary N) is 2. The lowest BCUT2D eigenvalue weighted by molar-refractivity contribution is 0.101. The van der Waals surface area contributed by atoms with E-state index in [-0.39, 0.29) is 11.7 Å². The van der Waals surface area contributed by atoms with Gasteiger partial charge in [0.25, 0.3) is 0 Å². The zero-order chi connectivity index (χ0) is 14.5. The molecule has 6 heteroatoms. The van der Waals surface area contributed by atoms with E-state index in [1.54, 1.807) is 24.3 Å². The van der Waals surface area contributed by atoms with Gasteiger partial charge in [0, 0.05) is 11.1 Å². The standard InChI is InChI=1S/C14H14N4O2/c1-9(19)10-2-4-11(5-3-10)13-7-6-12(20-13)8-17-18-14(15)16/h2-8H,1H3,(H4,15,16,18)/b17-8-. The van der Waals surface area contributed by atoms with Gasteiger partial charge in [0.1, 0.15) is 11.5 Å². The Labute approximate surface area is 115 Å². The molecule has 2 rings (SSSR count). The number of benzene rings is 1. The lowest BCUT2D eigenvalue weighted by atomic mass is 10.1. The summed E-state index contributed by atoms with van der Waals surface area (Å²) < 4.78 is 5.57. The number of hydrogen-bond donors (Lipinski definition) is 2. The molecule has 0 radical (unpaired) electrons. The Hall–Kier alpha value is -2.89. The molecule has 6 nitrogen and oxygen atoms in total. The molecule has 20 heavy (non-hydrogen) atoms. The van der Waals surface area contributed by atoms with Crippen molar-refractivity contribution in [1.29, 1.82) is 0 Å². The number of guanidine groups is 1. The van der Waals surface area contributed by atoms with E-state index in [0.717, 1.165) is 5.56 Å². The van der Waals surface area contributed by atoms with Gasteiger partial charge in [-0.15, -0.1) is 5.10 Å². The summed E-state index contributed by atoms with van der Waals surface area (Å²) in [6, 6.07) is 10.7. The van der Waals surface area contributed by atoms with Gasteiger partial charge in [-0.25, -0.2) is 0 Å². The monoisotopic (exact) mass is 270 g/mol. The van der Waals surface area contributed by atoms with Crippen molar-refractivity contribution in [1.82, 2.24) is 0 Å². The summed E-state index contributed by atoms with van der Waals surface area (Å²) in [6.07, 6.45) is 1.41. The van der Waals surface area contributed by atoms with E-state index >= 15 is 0 Å². The average Bonchev–Trinajstić information content (AvgIpc) is 2.87. The second-order valence-corrected chi connectivity index (χ2v) is 4.10. The van der Waals surface area contributed by atoms with Gasteiger partial charge in [-0.05, 0) is 19.1 Å². The lowest BCUT2D eigenvalue weighted by Crippen LogP contribution is -2.21. The van der Waals surface area contributed by atoms with Crippen molar-refractivity contribution in [2.75, 3.05) is 0 Å². The minimum Gasteiger partial charge on any atom is -0.455 e. The summed E-state index contributed by atoms with van der Waals surface area (Å²) in [5.41, 5.74) is 11.8. The van der Waals surface area contributed by atoms with Crippen LogP contribution < -0.4 is 11.5 Å². The maximum Gasteiger partial charge on any atom is 0.211 e. The van der Waals surface area contributed by atoms with E-state index in [0.29, 0.717) is 17.1 Å². The van der Waals surface area contributed by atoms with Crippen LogP contribution in [0.5, 0.6) is 0 Å². The quantitative estimate of drug-likeness (QED) is 0.382. The van der Waals surface area contributed by atoms with Crippen LogP contribution in [0.15, 0.2) is 51.0 Å². The number of Topliss-reactive ketones (excluding diaryl/α,β-unsaturated/α-hetero) is 1. The summed E-state index contributed by atoms with van der Waals surface area (Å²) in [4.78, 5) is 11.2. The maximum atomic E-state index is 11.2. The molecule has 2 aromatic rings. The third-order valence-corrected chi connectivity index (χ3v) is 2.56. The third kappa shape index (κ3) is 3.32. The van der Waals surface area contributed by atoms with Crippen LogP contribution in [0.4, 0.5) is 0 Å². The molecule has 0 unspecified atom stereocenters. The molecular formula is C14H14N4O2. The first-order valence-electron chi connectivity index (χ1n) is 5.89. The highest BCUT2D eigenvalue weighted by Gasteiger charge is 2.05. The Bertz CT molecular complexity index is 665. The molecular weight excluding hydrogens is 256 g/mol. The van der Waals surface area contributed by atoms with Gasteiger partial charge >= 0.3 is 0 Å². The molecule has 1 aromatic heterocycles. The number of carbonyl (C=O) groups is 1. The summed E-state index contributed by atoms with van der Waals surface area (Å²) in [5.74, 6) is 1.11. The molecule has 0 bridgehead atoms. The fraction of sp³-hybridized carbons (Fsp3) is 0.0714. The van der Waals surface area contributed by atoms with Gasteiger partial charge in [0.15, 0.2) is 5.78 Å². The number of nitrogens with zero attached hydrogens (tertiary/aromatic N) is 2. The van der Waals surface area contributed by atoms with Crippen molar-refractivity contribution >= 4 is 18.0 Å². The topological polar surface area (TPSA) is 107 Å². The minimum absolute atomic E-state index is 0.0288. The fourth-order valence-electron chi connectivity index (χ4n) is 1.60. The minimum atomic E-state index is -0.118. The smallest absolute Gasteiger partial charge is 0.211 e. The Morgan fingerprint density at radius 3 is 2.45 bits per heavy atom. The van der Waals surface area contributed by atoms with Crippen LogP contribution in [-0.2, 0) is 0 Å². The summed E-state index contributed by atoms with van der Waals surface area (Å²) in [7, 11) is 0. The van der Waals surface area contributed by atoms with E-state index in [1.165, 1.54) is 13.1 Å². The number of rotatable bonds is 4. The van der Waals surface area contributed by atoms with Crippen molar-refractivity contribution in [3.63, 3.8) is 0 Å². The number of hydrogen-bond acceptors (Lipinski definition) is 4. The predicted molar refractivity (Wildman–Crippen MR) is 77.6 cm³/mol. The fourth-order valence-corrected chi connectivity index (χ4v) is 1.60. The first-order chi connectivity index (χ1) is 9.56. The number of ketones is 1. The van der Waals surface area contributed by atoms with Gasteiger partial charge in [-0.2, -0.15) is 5.10 Å². The van der Waals surface area contributed by atoms with Crippen molar-refractivity contribution in [2.45, 2.75) is 6.92 Å². The molecule has 0 fully saturated rings. The van der Waals surface area contributed by atoms with Gasteiger partial charge in [-0.1, -0.05) is 24.3 Å². The van der Waals surface area contributed by atoms with Crippen molar-refractivity contribution in [3.05, 3.63) is 47.7 Å². The zero-order valence-corrected chi connectivity index (χ0v) is 10.9. The molecule has 0 saturated carbocycles. The van der Waals surface area contributed by atoms with Crippen molar-refractivity contribution in [3.8, 4) is 11.3 Å². The van der Waals surface area contributed by atoms with Gasteiger partial charge < -0.3 is 15.9 Å². The molecule has 0 atom stereocenters. The van der Waals surface area contributed by atoms with Crippen LogP contribution in [0.3, 0.4) is 0 Å². The second-order valence-electron chi connectivity index (χ2n) is 4.10. The molecule has 102 valence electrons. The van der Waals surface area contributed by atoms with E-state index in [9.17, 15) is 4.79 Å². The predicted octanol–water partition coefficient (Wildman–Crippen LogP) is 1.76. The zero-order valence-electron chi connectivity index (χ0n) is 10.9. The van der Waals surface area contributed by atoms with Gasteiger partial charge in [-0.3, -0.25) is 4.79 Å². The average molecular weight is 270 g/mol. The van der Waals surface area contributed by atoms with Crippen LogP contribution >= 0.6 is 0 Å². The highest BCUT2D eigenvalue weighted by molar-refractivity contribution is 5.94. The lowest BCUT2D eigenvalue weighted by Gasteiger charge is -1.98. The van der Waals surface area contributed by atoms with Crippen LogP contribution in [0, 0.1) is 0 Å².